The molecule has 0 bridgehead atoms. The number of anilines is 1. The van der Waals surface area contributed by atoms with Gasteiger partial charge in [0, 0.05) is 23.3 Å². The molecule has 3 N–H and O–H groups in total. The topological polar surface area (TPSA) is 50.9 Å². The quantitative estimate of drug-likeness (QED) is 0.759. The molecule has 1 aromatic heterocycles. The van der Waals surface area contributed by atoms with Crippen molar-refractivity contribution in [2.24, 2.45) is 5.73 Å². The lowest BCUT2D eigenvalue weighted by Gasteiger charge is -2.14. The molecular weight excluding hydrogens is 174 g/mol. The van der Waals surface area contributed by atoms with Crippen molar-refractivity contribution in [3.05, 3.63) is 23.9 Å². The van der Waals surface area contributed by atoms with Crippen LogP contribution >= 0.6 is 0 Å². The zero-order chi connectivity index (χ0) is 9.60. The van der Waals surface area contributed by atoms with E-state index >= 15 is 0 Å². The molecule has 0 spiro atoms. The lowest BCUT2D eigenvalue weighted by Crippen LogP contribution is -2.21. The van der Waals surface area contributed by atoms with Crippen LogP contribution in [-0.2, 0) is 5.54 Å². The third-order valence-corrected chi connectivity index (χ3v) is 3.05. The average molecular weight is 189 g/mol. The molecule has 1 heterocycles. The van der Waals surface area contributed by atoms with Gasteiger partial charge in [-0.25, -0.2) is 4.98 Å². The third kappa shape index (κ3) is 1.38. The third-order valence-electron chi connectivity index (χ3n) is 3.05. The van der Waals surface area contributed by atoms with E-state index in [1.54, 1.807) is 0 Å². The Bertz CT molecular complexity index is 353. The maximum absolute atomic E-state index is 6.18. The second kappa shape index (κ2) is 2.70. The Hall–Kier alpha value is -1.09. The van der Waals surface area contributed by atoms with Crippen molar-refractivity contribution in [2.75, 3.05) is 5.32 Å². The van der Waals surface area contributed by atoms with Crippen molar-refractivity contribution in [1.82, 2.24) is 4.98 Å². The van der Waals surface area contributed by atoms with Gasteiger partial charge < -0.3 is 11.1 Å². The molecule has 0 radical (unpaired) electrons. The summed E-state index contributed by atoms with van der Waals surface area (Å²) in [5, 5.41) is 3.44. The summed E-state index contributed by atoms with van der Waals surface area (Å²) in [5.74, 6) is 1.01. The highest BCUT2D eigenvalue weighted by molar-refractivity contribution is 5.51. The molecular formula is C11H15N3. The summed E-state index contributed by atoms with van der Waals surface area (Å²) in [6.45, 7) is 0. The largest absolute Gasteiger partial charge is 0.367 e. The number of hydrogen-bond acceptors (Lipinski definition) is 3. The summed E-state index contributed by atoms with van der Waals surface area (Å²) in [5.41, 5.74) is 7.31. The monoisotopic (exact) mass is 189 g/mol. The van der Waals surface area contributed by atoms with E-state index in [1.165, 1.54) is 18.4 Å². The second-order valence-electron chi connectivity index (χ2n) is 4.47. The van der Waals surface area contributed by atoms with Crippen LogP contribution in [-0.4, -0.2) is 11.0 Å². The van der Waals surface area contributed by atoms with E-state index in [-0.39, 0.29) is 5.54 Å². The summed E-state index contributed by atoms with van der Waals surface area (Å²) in [6.07, 6.45) is 6.57. The molecule has 0 saturated heterocycles. The molecule has 2 aliphatic rings. The number of rotatable bonds is 3. The van der Waals surface area contributed by atoms with Crippen molar-refractivity contribution < 1.29 is 0 Å². The zero-order valence-electron chi connectivity index (χ0n) is 8.16. The number of pyridine rings is 1. The SMILES string of the molecule is NC1(c2cccnc2NC2CC2)CC1. The van der Waals surface area contributed by atoms with Crippen LogP contribution in [0, 0.1) is 0 Å². The van der Waals surface area contributed by atoms with Crippen molar-refractivity contribution in [1.29, 1.82) is 0 Å². The molecule has 2 saturated carbocycles. The summed E-state index contributed by atoms with van der Waals surface area (Å²) >= 11 is 0. The standard InChI is InChI=1S/C11H15N3/c12-11(5-6-11)9-2-1-7-13-10(9)14-8-3-4-8/h1-2,7-8H,3-6,12H2,(H,13,14). The van der Waals surface area contributed by atoms with Crippen molar-refractivity contribution in [3.63, 3.8) is 0 Å². The first-order valence-corrected chi connectivity index (χ1v) is 5.29. The Balaban J connectivity index is 1.92. The second-order valence-corrected chi connectivity index (χ2v) is 4.47. The Morgan fingerprint density at radius 2 is 2.21 bits per heavy atom. The number of nitrogens with zero attached hydrogens (tertiary/aromatic N) is 1. The molecule has 2 aliphatic carbocycles. The Morgan fingerprint density at radius 3 is 2.86 bits per heavy atom. The highest BCUT2D eigenvalue weighted by Crippen LogP contribution is 2.45. The molecule has 0 aliphatic heterocycles. The van der Waals surface area contributed by atoms with Gasteiger partial charge in [0.15, 0.2) is 0 Å². The minimum Gasteiger partial charge on any atom is -0.367 e. The molecule has 74 valence electrons. The van der Waals surface area contributed by atoms with E-state index in [9.17, 15) is 0 Å². The van der Waals surface area contributed by atoms with Gasteiger partial charge in [-0.2, -0.15) is 0 Å². The maximum atomic E-state index is 6.18. The predicted octanol–water partition coefficient (Wildman–Crippen LogP) is 1.60. The molecule has 3 nitrogen and oxygen atoms in total. The molecule has 0 atom stereocenters. The van der Waals surface area contributed by atoms with Crippen LogP contribution in [0.25, 0.3) is 0 Å². The highest BCUT2D eigenvalue weighted by Gasteiger charge is 2.42. The summed E-state index contributed by atoms with van der Waals surface area (Å²) in [6, 6.07) is 4.72. The van der Waals surface area contributed by atoms with Gasteiger partial charge in [-0.1, -0.05) is 6.07 Å². The van der Waals surface area contributed by atoms with E-state index in [0.29, 0.717) is 6.04 Å². The summed E-state index contributed by atoms with van der Waals surface area (Å²) < 4.78 is 0. The van der Waals surface area contributed by atoms with Crippen LogP contribution in [0.15, 0.2) is 18.3 Å². The van der Waals surface area contributed by atoms with Gasteiger partial charge >= 0.3 is 0 Å². The average Bonchev–Trinajstić information content (AvgIpc) is 3.06. The van der Waals surface area contributed by atoms with E-state index in [4.69, 9.17) is 5.73 Å². The van der Waals surface area contributed by atoms with Crippen molar-refractivity contribution in [2.45, 2.75) is 37.3 Å². The first-order valence-electron chi connectivity index (χ1n) is 5.29. The van der Waals surface area contributed by atoms with Gasteiger partial charge in [-0.15, -0.1) is 0 Å². The van der Waals surface area contributed by atoms with E-state index in [2.05, 4.69) is 16.4 Å². The Morgan fingerprint density at radius 1 is 1.43 bits per heavy atom. The van der Waals surface area contributed by atoms with Crippen LogP contribution in [0.2, 0.25) is 0 Å². The first kappa shape index (κ1) is 8.24. The number of hydrogen-bond donors (Lipinski definition) is 2. The molecule has 3 heteroatoms. The van der Waals surface area contributed by atoms with Crippen LogP contribution in [0.1, 0.15) is 31.2 Å². The Labute approximate surface area is 83.7 Å². The number of aromatic nitrogens is 1. The van der Waals surface area contributed by atoms with Crippen molar-refractivity contribution >= 4 is 5.82 Å². The van der Waals surface area contributed by atoms with Crippen LogP contribution < -0.4 is 11.1 Å². The number of nitrogens with one attached hydrogen (secondary N) is 1. The van der Waals surface area contributed by atoms with Gasteiger partial charge in [0.25, 0.3) is 0 Å². The summed E-state index contributed by atoms with van der Waals surface area (Å²) in [7, 11) is 0. The molecule has 1 aromatic rings. The Kier molecular flexibility index (Phi) is 1.59. The fraction of sp³-hybridized carbons (Fsp3) is 0.545. The zero-order valence-corrected chi connectivity index (χ0v) is 8.16. The summed E-state index contributed by atoms with van der Waals surface area (Å²) in [4.78, 5) is 4.37. The van der Waals surface area contributed by atoms with E-state index in [0.717, 1.165) is 18.7 Å². The normalized spacial score (nSPS) is 23.2. The minimum absolute atomic E-state index is 0.0779. The smallest absolute Gasteiger partial charge is 0.131 e. The van der Waals surface area contributed by atoms with E-state index < -0.39 is 0 Å². The highest BCUT2D eigenvalue weighted by atomic mass is 15.0. The molecule has 0 amide bonds. The minimum atomic E-state index is -0.0779. The van der Waals surface area contributed by atoms with Crippen molar-refractivity contribution in [3.8, 4) is 0 Å². The lowest BCUT2D eigenvalue weighted by atomic mass is 10.1. The predicted molar refractivity (Wildman–Crippen MR) is 56.0 cm³/mol. The van der Waals surface area contributed by atoms with Crippen LogP contribution in [0.3, 0.4) is 0 Å². The lowest BCUT2D eigenvalue weighted by molar-refractivity contribution is 0.736. The number of nitrogens with two attached hydrogens (primary N) is 1. The van der Waals surface area contributed by atoms with Crippen LogP contribution in [0.5, 0.6) is 0 Å². The molecule has 14 heavy (non-hydrogen) atoms. The molecule has 0 unspecified atom stereocenters. The fourth-order valence-electron chi connectivity index (χ4n) is 1.75. The van der Waals surface area contributed by atoms with Gasteiger partial charge in [0.05, 0.1) is 0 Å². The van der Waals surface area contributed by atoms with Gasteiger partial charge in [-0.05, 0) is 31.7 Å². The van der Waals surface area contributed by atoms with Gasteiger partial charge in [0.1, 0.15) is 5.82 Å². The van der Waals surface area contributed by atoms with Gasteiger partial charge in [0.2, 0.25) is 0 Å². The molecule has 2 fully saturated rings. The van der Waals surface area contributed by atoms with E-state index in [1.807, 2.05) is 12.3 Å². The molecule has 0 aromatic carbocycles. The van der Waals surface area contributed by atoms with Crippen LogP contribution in [0.4, 0.5) is 5.82 Å². The maximum Gasteiger partial charge on any atom is 0.131 e. The molecule has 3 rings (SSSR count). The van der Waals surface area contributed by atoms with Gasteiger partial charge in [-0.3, -0.25) is 0 Å². The fourth-order valence-corrected chi connectivity index (χ4v) is 1.75. The first-order chi connectivity index (χ1) is 6.78.